The molecule has 4 rings (SSSR count). The van der Waals surface area contributed by atoms with Gasteiger partial charge in [0.25, 0.3) is 0 Å². The second kappa shape index (κ2) is 6.04. The fourth-order valence-electron chi connectivity index (χ4n) is 4.07. The van der Waals surface area contributed by atoms with E-state index in [1.165, 1.54) is 34.1 Å². The van der Waals surface area contributed by atoms with Gasteiger partial charge in [0.05, 0.1) is 0 Å². The first-order valence-electron chi connectivity index (χ1n) is 8.46. The maximum Gasteiger partial charge on any atom is 0.120 e. The molecule has 0 fully saturated rings. The molecule has 23 heavy (non-hydrogen) atoms. The third kappa shape index (κ3) is 2.48. The van der Waals surface area contributed by atoms with E-state index >= 15 is 0 Å². The van der Waals surface area contributed by atoms with Crippen molar-refractivity contribution >= 4 is 17.2 Å². The minimum Gasteiger partial charge on any atom is -0.340 e. The van der Waals surface area contributed by atoms with Crippen LogP contribution < -0.4 is 0 Å². The third-order valence-corrected chi connectivity index (χ3v) is 5.06. The van der Waals surface area contributed by atoms with Gasteiger partial charge in [-0.2, -0.15) is 0 Å². The molecule has 3 aromatic rings. The van der Waals surface area contributed by atoms with E-state index in [1.807, 2.05) is 0 Å². The molecule has 2 aromatic carbocycles. The van der Waals surface area contributed by atoms with Gasteiger partial charge >= 0.3 is 0 Å². The summed E-state index contributed by atoms with van der Waals surface area (Å²) in [5.41, 5.74) is 5.50. The van der Waals surface area contributed by atoms with E-state index in [-0.39, 0.29) is 0 Å². The Morgan fingerprint density at radius 1 is 1.04 bits per heavy atom. The Morgan fingerprint density at radius 2 is 1.83 bits per heavy atom. The fourth-order valence-corrected chi connectivity index (χ4v) is 4.07. The topological polar surface area (TPSA) is 22.0 Å². The van der Waals surface area contributed by atoms with Crippen LogP contribution in [0.2, 0.25) is 0 Å². The predicted molar refractivity (Wildman–Crippen MR) is 93.8 cm³/mol. The average Bonchev–Trinajstić information content (AvgIpc) is 2.92. The van der Waals surface area contributed by atoms with E-state index in [2.05, 4.69) is 59.2 Å². The Hall–Kier alpha value is -2.35. The maximum absolute atomic E-state index is 11.1. The van der Waals surface area contributed by atoms with Crippen LogP contribution in [0.5, 0.6) is 0 Å². The number of hydrogen-bond donors (Lipinski definition) is 0. The molecule has 1 atom stereocenters. The SMILES string of the molecule is O=CCC1CCCc2c1c1ccccc1n2Cc1ccccc1. The summed E-state index contributed by atoms with van der Waals surface area (Å²) in [7, 11) is 0. The summed E-state index contributed by atoms with van der Waals surface area (Å²) < 4.78 is 2.47. The molecule has 0 spiro atoms. The monoisotopic (exact) mass is 303 g/mol. The number of para-hydroxylation sites is 1. The smallest absolute Gasteiger partial charge is 0.120 e. The van der Waals surface area contributed by atoms with Gasteiger partial charge in [0, 0.05) is 29.6 Å². The van der Waals surface area contributed by atoms with E-state index in [0.29, 0.717) is 12.3 Å². The largest absolute Gasteiger partial charge is 0.340 e. The van der Waals surface area contributed by atoms with Crippen molar-refractivity contribution < 1.29 is 4.79 Å². The molecule has 1 heterocycles. The number of aldehydes is 1. The zero-order valence-corrected chi connectivity index (χ0v) is 13.2. The Balaban J connectivity index is 1.89. The zero-order valence-electron chi connectivity index (χ0n) is 13.2. The molecule has 2 nitrogen and oxygen atoms in total. The highest BCUT2D eigenvalue weighted by Crippen LogP contribution is 2.40. The van der Waals surface area contributed by atoms with E-state index in [4.69, 9.17) is 0 Å². The van der Waals surface area contributed by atoms with Gasteiger partial charge in [-0.25, -0.2) is 0 Å². The van der Waals surface area contributed by atoms with Crippen LogP contribution in [0, 0.1) is 0 Å². The van der Waals surface area contributed by atoms with Crippen LogP contribution in [0.3, 0.4) is 0 Å². The number of hydrogen-bond acceptors (Lipinski definition) is 1. The number of aromatic nitrogens is 1. The fraction of sp³-hybridized carbons (Fsp3) is 0.286. The van der Waals surface area contributed by atoms with E-state index in [0.717, 1.165) is 25.7 Å². The van der Waals surface area contributed by atoms with Gasteiger partial charge in [0.2, 0.25) is 0 Å². The van der Waals surface area contributed by atoms with Crippen LogP contribution in [0.4, 0.5) is 0 Å². The summed E-state index contributed by atoms with van der Waals surface area (Å²) in [6.07, 6.45) is 5.16. The van der Waals surface area contributed by atoms with Crippen LogP contribution >= 0.6 is 0 Å². The molecule has 0 saturated carbocycles. The molecule has 116 valence electrons. The summed E-state index contributed by atoms with van der Waals surface area (Å²) in [5, 5.41) is 1.34. The molecule has 2 heteroatoms. The molecule has 0 radical (unpaired) electrons. The summed E-state index contributed by atoms with van der Waals surface area (Å²) in [4.78, 5) is 11.1. The Bertz CT molecular complexity index is 832. The van der Waals surface area contributed by atoms with Crippen LogP contribution in [0.1, 0.15) is 42.0 Å². The molecule has 0 bridgehead atoms. The predicted octanol–water partition coefficient (Wildman–Crippen LogP) is 4.70. The number of rotatable bonds is 4. The van der Waals surface area contributed by atoms with Crippen molar-refractivity contribution in [2.45, 2.75) is 38.1 Å². The van der Waals surface area contributed by atoms with E-state index < -0.39 is 0 Å². The van der Waals surface area contributed by atoms with Gasteiger partial charge < -0.3 is 9.36 Å². The molecule has 1 unspecified atom stereocenters. The van der Waals surface area contributed by atoms with Crippen molar-refractivity contribution in [2.75, 3.05) is 0 Å². The lowest BCUT2D eigenvalue weighted by Gasteiger charge is -2.23. The average molecular weight is 303 g/mol. The second-order valence-corrected chi connectivity index (χ2v) is 6.44. The van der Waals surface area contributed by atoms with Crippen LogP contribution in [0.25, 0.3) is 10.9 Å². The van der Waals surface area contributed by atoms with Crippen molar-refractivity contribution in [1.82, 2.24) is 4.57 Å². The summed E-state index contributed by atoms with van der Waals surface area (Å²) in [6.45, 7) is 0.907. The van der Waals surface area contributed by atoms with Crippen LogP contribution in [0.15, 0.2) is 54.6 Å². The normalized spacial score (nSPS) is 17.1. The molecule has 1 aliphatic rings. The van der Waals surface area contributed by atoms with Gasteiger partial charge in [-0.3, -0.25) is 0 Å². The van der Waals surface area contributed by atoms with Gasteiger partial charge in [-0.15, -0.1) is 0 Å². The highest BCUT2D eigenvalue weighted by atomic mass is 16.1. The van der Waals surface area contributed by atoms with Crippen molar-refractivity contribution in [3.8, 4) is 0 Å². The minimum atomic E-state index is 0.387. The van der Waals surface area contributed by atoms with E-state index in [1.54, 1.807) is 0 Å². The van der Waals surface area contributed by atoms with Gasteiger partial charge in [-0.05, 0) is 42.4 Å². The molecular weight excluding hydrogens is 282 g/mol. The zero-order chi connectivity index (χ0) is 15.6. The first-order chi connectivity index (χ1) is 11.4. The number of benzene rings is 2. The van der Waals surface area contributed by atoms with Crippen molar-refractivity contribution in [3.05, 3.63) is 71.4 Å². The Labute approximate surface area is 136 Å². The first kappa shape index (κ1) is 14.3. The summed E-state index contributed by atoms with van der Waals surface area (Å²) >= 11 is 0. The molecule has 0 saturated heterocycles. The van der Waals surface area contributed by atoms with Crippen molar-refractivity contribution in [1.29, 1.82) is 0 Å². The molecule has 0 N–H and O–H groups in total. The molecule has 1 aliphatic carbocycles. The standard InChI is InChI=1S/C21H21NO/c23-14-13-17-9-6-12-20-21(17)18-10-4-5-11-19(18)22(20)15-16-7-2-1-3-8-16/h1-5,7-8,10-11,14,17H,6,9,12-13,15H2. The quantitative estimate of drug-likeness (QED) is 0.640. The lowest BCUT2D eigenvalue weighted by Crippen LogP contribution is -2.13. The molecule has 1 aromatic heterocycles. The molecule has 0 aliphatic heterocycles. The highest BCUT2D eigenvalue weighted by Gasteiger charge is 2.26. The van der Waals surface area contributed by atoms with E-state index in [9.17, 15) is 4.79 Å². The highest BCUT2D eigenvalue weighted by molar-refractivity contribution is 5.87. The number of nitrogens with zero attached hydrogens (tertiary/aromatic N) is 1. The first-order valence-corrected chi connectivity index (χ1v) is 8.46. The maximum atomic E-state index is 11.1. The number of carbonyl (C=O) groups is 1. The number of carbonyl (C=O) groups excluding carboxylic acids is 1. The Kier molecular flexibility index (Phi) is 3.74. The molecule has 0 amide bonds. The van der Waals surface area contributed by atoms with Crippen LogP contribution in [-0.4, -0.2) is 10.9 Å². The number of fused-ring (bicyclic) bond motifs is 3. The van der Waals surface area contributed by atoms with Gasteiger partial charge in [0.1, 0.15) is 6.29 Å². The van der Waals surface area contributed by atoms with Crippen LogP contribution in [-0.2, 0) is 17.8 Å². The summed E-state index contributed by atoms with van der Waals surface area (Å²) in [5.74, 6) is 0.387. The Morgan fingerprint density at radius 3 is 2.65 bits per heavy atom. The molecular formula is C21H21NO. The lowest BCUT2D eigenvalue weighted by atomic mass is 9.83. The van der Waals surface area contributed by atoms with Gasteiger partial charge in [0.15, 0.2) is 0 Å². The van der Waals surface area contributed by atoms with Crippen molar-refractivity contribution in [2.24, 2.45) is 0 Å². The minimum absolute atomic E-state index is 0.387. The second-order valence-electron chi connectivity index (χ2n) is 6.44. The summed E-state index contributed by atoms with van der Waals surface area (Å²) in [6, 6.07) is 19.3. The third-order valence-electron chi connectivity index (χ3n) is 5.06. The van der Waals surface area contributed by atoms with Crippen molar-refractivity contribution in [3.63, 3.8) is 0 Å². The lowest BCUT2D eigenvalue weighted by molar-refractivity contribution is -0.108. The van der Waals surface area contributed by atoms with Gasteiger partial charge in [-0.1, -0.05) is 48.5 Å².